The van der Waals surface area contributed by atoms with Gasteiger partial charge in [0.15, 0.2) is 19.7 Å². The summed E-state index contributed by atoms with van der Waals surface area (Å²) >= 11 is 19.9. The van der Waals surface area contributed by atoms with Crippen LogP contribution in [-0.4, -0.2) is 131 Å². The van der Waals surface area contributed by atoms with Gasteiger partial charge in [-0.2, -0.15) is 0 Å². The van der Waals surface area contributed by atoms with E-state index in [1.54, 1.807) is 22.0 Å². The minimum atomic E-state index is -2.93. The molecule has 0 amide bonds. The van der Waals surface area contributed by atoms with Gasteiger partial charge in [-0.3, -0.25) is 0 Å². The van der Waals surface area contributed by atoms with Crippen LogP contribution < -0.4 is 0 Å². The number of sulfone groups is 2. The zero-order chi connectivity index (χ0) is 23.4. The predicted molar refractivity (Wildman–Crippen MR) is 143 cm³/mol. The normalized spacial score (nSPS) is 27.7. The summed E-state index contributed by atoms with van der Waals surface area (Å²) < 4.78 is 46.4. The molecule has 0 saturated carbocycles. The fourth-order valence-corrected chi connectivity index (χ4v) is 9.17. The quantitative estimate of drug-likeness (QED) is 0.180. The Labute approximate surface area is 249 Å². The average molecular weight is 666 g/mol. The Hall–Kier alpha value is 1.17. The Kier molecular flexibility index (Phi) is 13.2. The van der Waals surface area contributed by atoms with E-state index in [0.717, 1.165) is 0 Å². The largest absolute Gasteiger partial charge is 2.00 e. The van der Waals surface area contributed by atoms with E-state index in [9.17, 15) is 16.8 Å². The van der Waals surface area contributed by atoms with E-state index in [0.29, 0.717) is 34.6 Å². The fraction of sp³-hybridized carbons (Fsp3) is 0.667. The second kappa shape index (κ2) is 12.8. The van der Waals surface area contributed by atoms with Crippen LogP contribution in [0.25, 0.3) is 0 Å². The molecule has 2 saturated heterocycles. The molecule has 2 heterocycles. The van der Waals surface area contributed by atoms with E-state index in [-0.39, 0.29) is 71.9 Å². The molecule has 31 heavy (non-hydrogen) atoms. The van der Waals surface area contributed by atoms with Crippen molar-refractivity contribution in [3.63, 3.8) is 0 Å². The molecule has 2 unspecified atom stereocenters. The summed E-state index contributed by atoms with van der Waals surface area (Å²) in [7, 11) is -5.87. The Bertz CT molecular complexity index is 834. The van der Waals surface area contributed by atoms with Crippen molar-refractivity contribution in [1.82, 2.24) is 9.80 Å². The van der Waals surface area contributed by atoms with Gasteiger partial charge in [0.2, 0.25) is 0 Å². The second-order valence-electron chi connectivity index (χ2n) is 8.01. The third-order valence-electron chi connectivity index (χ3n) is 5.33. The molecule has 2 aliphatic rings. The monoisotopic (exact) mass is 666 g/mol. The van der Waals surface area contributed by atoms with Crippen LogP contribution in [0.5, 0.6) is 0 Å². The van der Waals surface area contributed by atoms with E-state index >= 15 is 0 Å². The van der Waals surface area contributed by atoms with Crippen molar-refractivity contribution < 1.29 is 16.8 Å². The smallest absolute Gasteiger partial charge is 0.411 e. The van der Waals surface area contributed by atoms with Gasteiger partial charge in [-0.1, -0.05) is 20.8 Å². The van der Waals surface area contributed by atoms with Crippen molar-refractivity contribution in [1.29, 1.82) is 0 Å². The number of hydrogen-bond acceptors (Lipinski definition) is 8. The van der Waals surface area contributed by atoms with Crippen LogP contribution in [0, 0.1) is 0 Å². The SMILES string of the molecule is C=CCN(C(=S)[S-])C1(C)CCS(=O)(=O)C1.C=CCN(C(=S)[S-])C1(C)CCS(=O)(=O)C1.[Ba+2]. The van der Waals surface area contributed by atoms with Crippen molar-refractivity contribution in [3.05, 3.63) is 25.3 Å². The van der Waals surface area contributed by atoms with Gasteiger partial charge in [-0.05, 0) is 26.7 Å². The Morgan fingerprint density at radius 1 is 0.871 bits per heavy atom. The van der Waals surface area contributed by atoms with Crippen molar-refractivity contribution in [2.45, 2.75) is 37.8 Å². The minimum absolute atomic E-state index is 0. The van der Waals surface area contributed by atoms with Gasteiger partial charge in [0.25, 0.3) is 0 Å². The first-order valence-corrected chi connectivity index (χ1v) is 14.5. The van der Waals surface area contributed by atoms with Crippen LogP contribution in [0.4, 0.5) is 0 Å². The summed E-state index contributed by atoms with van der Waals surface area (Å²) in [4.78, 5) is 3.55. The molecule has 0 radical (unpaired) electrons. The third-order valence-corrected chi connectivity index (χ3v) is 9.99. The van der Waals surface area contributed by atoms with Gasteiger partial charge in [0.1, 0.15) is 0 Å². The van der Waals surface area contributed by atoms with Crippen LogP contribution >= 0.6 is 24.4 Å². The molecule has 2 rings (SSSR count). The standard InChI is InChI=1S/2C9H15NO2S3.Ba/c2*1-3-5-10(8(13)14)9(2)4-6-15(11,12)7-9;/h2*3H,1,4-7H2,2H3,(H,13,14);/q;;+2/p-2. The summed E-state index contributed by atoms with van der Waals surface area (Å²) in [6.45, 7) is 12.0. The van der Waals surface area contributed by atoms with Crippen molar-refractivity contribution in [3.8, 4) is 0 Å². The molecule has 13 heteroatoms. The van der Waals surface area contributed by atoms with Gasteiger partial charge in [0, 0.05) is 13.1 Å². The van der Waals surface area contributed by atoms with Crippen molar-refractivity contribution >= 4 is 127 Å². The molecule has 0 bridgehead atoms. The zero-order valence-electron chi connectivity index (χ0n) is 17.9. The third kappa shape index (κ3) is 9.38. The number of hydrogen-bond donors (Lipinski definition) is 0. The summed E-state index contributed by atoms with van der Waals surface area (Å²) in [5, 5.41) is 0. The molecule has 0 aliphatic carbocycles. The van der Waals surface area contributed by atoms with E-state index < -0.39 is 30.8 Å². The number of nitrogens with zero attached hydrogens (tertiary/aromatic N) is 2. The van der Waals surface area contributed by atoms with Crippen LogP contribution in [0.3, 0.4) is 0 Å². The first-order valence-electron chi connectivity index (χ1n) is 9.21. The first kappa shape index (κ1) is 32.2. The van der Waals surface area contributed by atoms with Gasteiger partial charge >= 0.3 is 48.9 Å². The maximum absolute atomic E-state index is 11.4. The molecule has 0 spiro atoms. The van der Waals surface area contributed by atoms with Crippen LogP contribution in [0.15, 0.2) is 25.3 Å². The van der Waals surface area contributed by atoms with Crippen LogP contribution in [0.1, 0.15) is 26.7 Å². The molecule has 2 atom stereocenters. The van der Waals surface area contributed by atoms with Gasteiger partial charge in [0.05, 0.1) is 34.1 Å². The van der Waals surface area contributed by atoms with Gasteiger partial charge < -0.3 is 59.5 Å². The molecular weight excluding hydrogens is 638 g/mol. The Balaban J connectivity index is 0.000000562. The maximum Gasteiger partial charge on any atom is 2.00 e. The van der Waals surface area contributed by atoms with Crippen molar-refractivity contribution in [2.24, 2.45) is 0 Å². The molecule has 0 aromatic heterocycles. The summed E-state index contributed by atoms with van der Waals surface area (Å²) in [6.07, 6.45) is 4.55. The van der Waals surface area contributed by atoms with E-state index in [1.165, 1.54) is 0 Å². The van der Waals surface area contributed by atoms with E-state index in [2.05, 4.69) is 13.2 Å². The Morgan fingerprint density at radius 2 is 1.16 bits per heavy atom. The van der Waals surface area contributed by atoms with E-state index in [4.69, 9.17) is 49.7 Å². The molecule has 0 N–H and O–H groups in total. The van der Waals surface area contributed by atoms with Crippen molar-refractivity contribution in [2.75, 3.05) is 36.1 Å². The maximum atomic E-state index is 11.4. The first-order chi connectivity index (χ1) is 13.6. The Morgan fingerprint density at radius 3 is 1.32 bits per heavy atom. The molecule has 6 nitrogen and oxygen atoms in total. The predicted octanol–water partition coefficient (Wildman–Crippen LogP) is 1.39. The minimum Gasteiger partial charge on any atom is -0.411 e. The number of rotatable bonds is 6. The molecule has 2 fully saturated rings. The molecule has 0 aromatic rings. The van der Waals surface area contributed by atoms with Crippen LogP contribution in [-0.2, 0) is 44.9 Å². The second-order valence-corrected chi connectivity index (χ2v) is 14.4. The number of thiocarbonyl (C=S) groups is 2. The summed E-state index contributed by atoms with van der Waals surface area (Å²) in [5.41, 5.74) is -0.905. The summed E-state index contributed by atoms with van der Waals surface area (Å²) in [5.74, 6) is 0.694. The molecule has 2 aliphatic heterocycles. The van der Waals surface area contributed by atoms with Gasteiger partial charge in [-0.25, -0.2) is 16.8 Å². The van der Waals surface area contributed by atoms with Crippen LogP contribution in [0.2, 0.25) is 0 Å². The average Bonchev–Trinajstić information content (AvgIpc) is 3.05. The van der Waals surface area contributed by atoms with E-state index in [1.807, 2.05) is 13.8 Å². The van der Waals surface area contributed by atoms with Gasteiger partial charge in [-0.15, -0.1) is 13.2 Å². The topological polar surface area (TPSA) is 74.8 Å². The molecule has 172 valence electrons. The summed E-state index contributed by atoms with van der Waals surface area (Å²) in [6, 6.07) is 0. The fourth-order valence-electron chi connectivity index (χ4n) is 3.70. The molecular formula is C18H28BaN2O4S6. The zero-order valence-corrected chi connectivity index (χ0v) is 27.2. The molecule has 0 aromatic carbocycles.